The molecule has 18 heavy (non-hydrogen) atoms. The Kier molecular flexibility index (Phi) is 4.68. The van der Waals surface area contributed by atoms with Crippen molar-refractivity contribution in [3.8, 4) is 0 Å². The van der Waals surface area contributed by atoms with E-state index in [1.54, 1.807) is 0 Å². The summed E-state index contributed by atoms with van der Waals surface area (Å²) in [6, 6.07) is 1.36. The predicted molar refractivity (Wildman–Crippen MR) is 75.8 cm³/mol. The fourth-order valence-corrected chi connectivity index (χ4v) is 4.11. The minimum absolute atomic E-state index is 0.438. The molecular weight excluding hydrogens is 224 g/mol. The maximum atomic E-state index is 5.34. The Morgan fingerprint density at radius 3 is 2.78 bits per heavy atom. The van der Waals surface area contributed by atoms with Crippen LogP contribution in [0.5, 0.6) is 0 Å². The molecule has 0 aromatic carbocycles. The first kappa shape index (κ1) is 14.3. The third-order valence-electron chi connectivity index (χ3n) is 5.04. The summed E-state index contributed by atoms with van der Waals surface area (Å²) in [4.78, 5) is 2.73. The molecule has 1 aliphatic heterocycles. The second-order valence-electron chi connectivity index (χ2n) is 6.82. The van der Waals surface area contributed by atoms with Gasteiger partial charge in [-0.1, -0.05) is 13.8 Å². The van der Waals surface area contributed by atoms with Crippen molar-refractivity contribution in [2.24, 2.45) is 11.3 Å². The Bertz CT molecular complexity index is 265. The largest absolute Gasteiger partial charge is 0.384 e. The predicted octanol–water partition coefficient (Wildman–Crippen LogP) is 2.12. The summed E-state index contributed by atoms with van der Waals surface area (Å²) in [6.07, 6.45) is 5.36. The summed E-state index contributed by atoms with van der Waals surface area (Å²) in [5.41, 5.74) is 0.438. The van der Waals surface area contributed by atoms with Crippen LogP contribution < -0.4 is 5.32 Å². The zero-order chi connectivity index (χ0) is 13.2. The topological polar surface area (TPSA) is 24.5 Å². The van der Waals surface area contributed by atoms with E-state index < -0.39 is 0 Å². The molecule has 1 saturated heterocycles. The van der Waals surface area contributed by atoms with Gasteiger partial charge in [-0.3, -0.25) is 4.90 Å². The molecule has 1 aliphatic carbocycles. The van der Waals surface area contributed by atoms with E-state index in [1.807, 2.05) is 7.11 Å². The first-order valence-electron chi connectivity index (χ1n) is 7.48. The van der Waals surface area contributed by atoms with Crippen molar-refractivity contribution in [1.29, 1.82) is 0 Å². The molecule has 2 fully saturated rings. The van der Waals surface area contributed by atoms with Gasteiger partial charge in [0, 0.05) is 25.7 Å². The van der Waals surface area contributed by atoms with Gasteiger partial charge >= 0.3 is 0 Å². The Morgan fingerprint density at radius 1 is 1.33 bits per heavy atom. The molecule has 2 aliphatic rings. The van der Waals surface area contributed by atoms with Crippen molar-refractivity contribution >= 4 is 0 Å². The molecule has 0 spiro atoms. The molecule has 0 aromatic heterocycles. The highest BCUT2D eigenvalue weighted by Gasteiger charge is 2.44. The number of likely N-dealkylation sites (tertiary alicyclic amines) is 1. The summed E-state index contributed by atoms with van der Waals surface area (Å²) in [6.45, 7) is 8.25. The number of hydrogen-bond donors (Lipinski definition) is 1. The number of ether oxygens (including phenoxy) is 1. The smallest absolute Gasteiger partial charge is 0.0502 e. The lowest BCUT2D eigenvalue weighted by Crippen LogP contribution is -2.53. The molecule has 1 N–H and O–H groups in total. The van der Waals surface area contributed by atoms with Crippen LogP contribution in [0.25, 0.3) is 0 Å². The van der Waals surface area contributed by atoms with Crippen molar-refractivity contribution in [1.82, 2.24) is 10.2 Å². The maximum absolute atomic E-state index is 5.34. The van der Waals surface area contributed by atoms with E-state index in [1.165, 1.54) is 38.8 Å². The molecule has 0 aromatic rings. The van der Waals surface area contributed by atoms with Crippen LogP contribution >= 0.6 is 0 Å². The normalized spacial score (nSPS) is 37.0. The van der Waals surface area contributed by atoms with Crippen molar-refractivity contribution < 1.29 is 4.74 Å². The number of rotatable bonds is 4. The Balaban J connectivity index is 1.98. The summed E-state index contributed by atoms with van der Waals surface area (Å²) >= 11 is 0. The van der Waals surface area contributed by atoms with Crippen LogP contribution in [0.2, 0.25) is 0 Å². The van der Waals surface area contributed by atoms with Crippen LogP contribution in [0.15, 0.2) is 0 Å². The lowest BCUT2D eigenvalue weighted by molar-refractivity contribution is 0.0567. The molecule has 0 amide bonds. The van der Waals surface area contributed by atoms with Gasteiger partial charge in [-0.05, 0) is 50.6 Å². The van der Waals surface area contributed by atoms with Gasteiger partial charge in [0.2, 0.25) is 0 Å². The van der Waals surface area contributed by atoms with Crippen LogP contribution in [-0.4, -0.2) is 50.8 Å². The third kappa shape index (κ3) is 2.89. The summed E-state index contributed by atoms with van der Waals surface area (Å²) in [7, 11) is 3.95. The van der Waals surface area contributed by atoms with Gasteiger partial charge in [0.15, 0.2) is 0 Å². The van der Waals surface area contributed by atoms with E-state index in [0.717, 1.165) is 18.6 Å². The average Bonchev–Trinajstić information content (AvgIpc) is 2.65. The molecule has 3 heteroatoms. The third-order valence-corrected chi connectivity index (χ3v) is 5.04. The number of methoxy groups -OCH3 is 1. The Hall–Kier alpha value is -0.120. The van der Waals surface area contributed by atoms with Crippen molar-refractivity contribution in [3.05, 3.63) is 0 Å². The van der Waals surface area contributed by atoms with E-state index >= 15 is 0 Å². The molecule has 2 rings (SSSR count). The van der Waals surface area contributed by atoms with Gasteiger partial charge < -0.3 is 10.1 Å². The Labute approximate surface area is 112 Å². The SMILES string of the molecule is CNC1C(N2CCCC(COC)C2)CCC1(C)C. The molecule has 0 radical (unpaired) electrons. The van der Waals surface area contributed by atoms with Gasteiger partial charge in [0.05, 0.1) is 6.61 Å². The van der Waals surface area contributed by atoms with Crippen molar-refractivity contribution in [3.63, 3.8) is 0 Å². The minimum atomic E-state index is 0.438. The zero-order valence-electron chi connectivity index (χ0n) is 12.5. The monoisotopic (exact) mass is 254 g/mol. The molecule has 3 nitrogen and oxygen atoms in total. The van der Waals surface area contributed by atoms with E-state index in [2.05, 4.69) is 31.1 Å². The van der Waals surface area contributed by atoms with Gasteiger partial charge in [0.1, 0.15) is 0 Å². The molecule has 1 saturated carbocycles. The zero-order valence-corrected chi connectivity index (χ0v) is 12.5. The highest BCUT2D eigenvalue weighted by Crippen LogP contribution is 2.40. The molecular formula is C15H30N2O. The van der Waals surface area contributed by atoms with Crippen LogP contribution in [0.1, 0.15) is 39.5 Å². The van der Waals surface area contributed by atoms with Crippen LogP contribution in [0.3, 0.4) is 0 Å². The van der Waals surface area contributed by atoms with Crippen molar-refractivity contribution in [2.45, 2.75) is 51.6 Å². The fraction of sp³-hybridized carbons (Fsp3) is 1.00. The minimum Gasteiger partial charge on any atom is -0.384 e. The molecule has 0 bridgehead atoms. The number of nitrogens with one attached hydrogen (secondary N) is 1. The summed E-state index contributed by atoms with van der Waals surface area (Å²) in [5.74, 6) is 0.741. The van der Waals surface area contributed by atoms with E-state index in [-0.39, 0.29) is 0 Å². The standard InChI is InChI=1S/C15H30N2O/c1-15(2)8-7-13(14(15)16-3)17-9-5-6-12(10-17)11-18-4/h12-14,16H,5-11H2,1-4H3. The number of likely N-dealkylation sites (N-methyl/N-ethyl adjacent to an activating group) is 1. The van der Waals surface area contributed by atoms with Gasteiger partial charge in [-0.2, -0.15) is 0 Å². The molecule has 3 atom stereocenters. The van der Waals surface area contributed by atoms with Gasteiger partial charge in [-0.25, -0.2) is 0 Å². The lowest BCUT2D eigenvalue weighted by atomic mass is 9.86. The van der Waals surface area contributed by atoms with E-state index in [0.29, 0.717) is 11.5 Å². The van der Waals surface area contributed by atoms with Crippen LogP contribution in [0, 0.1) is 11.3 Å². The van der Waals surface area contributed by atoms with E-state index in [4.69, 9.17) is 4.74 Å². The molecule has 1 heterocycles. The molecule has 106 valence electrons. The fourth-order valence-electron chi connectivity index (χ4n) is 4.11. The van der Waals surface area contributed by atoms with Gasteiger partial charge in [-0.15, -0.1) is 0 Å². The lowest BCUT2D eigenvalue weighted by Gasteiger charge is -2.41. The highest BCUT2D eigenvalue weighted by molar-refractivity contribution is 5.01. The van der Waals surface area contributed by atoms with E-state index in [9.17, 15) is 0 Å². The van der Waals surface area contributed by atoms with Crippen LogP contribution in [0.4, 0.5) is 0 Å². The van der Waals surface area contributed by atoms with Crippen molar-refractivity contribution in [2.75, 3.05) is 33.9 Å². The number of piperidine rings is 1. The highest BCUT2D eigenvalue weighted by atomic mass is 16.5. The first-order valence-corrected chi connectivity index (χ1v) is 7.48. The second-order valence-corrected chi connectivity index (χ2v) is 6.82. The quantitative estimate of drug-likeness (QED) is 0.832. The molecule has 3 unspecified atom stereocenters. The maximum Gasteiger partial charge on any atom is 0.0502 e. The summed E-state index contributed by atoms with van der Waals surface area (Å²) < 4.78 is 5.34. The average molecular weight is 254 g/mol. The first-order chi connectivity index (χ1) is 8.58. The second kappa shape index (κ2) is 5.89. The van der Waals surface area contributed by atoms with Crippen LogP contribution in [-0.2, 0) is 4.74 Å². The Morgan fingerprint density at radius 2 is 2.11 bits per heavy atom. The van der Waals surface area contributed by atoms with Gasteiger partial charge in [0.25, 0.3) is 0 Å². The summed E-state index contributed by atoms with van der Waals surface area (Å²) in [5, 5.41) is 3.58. The number of nitrogens with zero attached hydrogens (tertiary/aromatic N) is 1. The number of hydrogen-bond acceptors (Lipinski definition) is 3.